The van der Waals surface area contributed by atoms with Crippen molar-refractivity contribution < 1.29 is 14.3 Å². The van der Waals surface area contributed by atoms with Crippen LogP contribution in [0.2, 0.25) is 0 Å². The number of hydrogen-bond donors (Lipinski definition) is 1. The molecule has 0 aliphatic heterocycles. The summed E-state index contributed by atoms with van der Waals surface area (Å²) in [6.45, 7) is 3.71. The summed E-state index contributed by atoms with van der Waals surface area (Å²) in [5.74, 6) is -1.18. The highest BCUT2D eigenvalue weighted by molar-refractivity contribution is 6.07. The quantitative estimate of drug-likeness (QED) is 0.517. The maximum absolute atomic E-state index is 12.5. The van der Waals surface area contributed by atoms with Crippen molar-refractivity contribution in [1.82, 2.24) is 5.32 Å². The van der Waals surface area contributed by atoms with Gasteiger partial charge < -0.3 is 10.1 Å². The van der Waals surface area contributed by atoms with Gasteiger partial charge in [0.25, 0.3) is 5.91 Å². The summed E-state index contributed by atoms with van der Waals surface area (Å²) in [7, 11) is 0. The minimum absolute atomic E-state index is 0.134. The first-order valence-electron chi connectivity index (χ1n) is 7.81. The first kappa shape index (κ1) is 18.0. The van der Waals surface area contributed by atoms with Crippen LogP contribution in [-0.2, 0) is 9.53 Å². The lowest BCUT2D eigenvalue weighted by molar-refractivity contribution is -0.137. The number of hydrogen-bond acceptors (Lipinski definition) is 4. The van der Waals surface area contributed by atoms with Gasteiger partial charge in [0.2, 0.25) is 0 Å². The number of amides is 1. The summed E-state index contributed by atoms with van der Waals surface area (Å²) < 4.78 is 4.94. The minimum Gasteiger partial charge on any atom is -0.462 e. The number of carbonyl (C=O) groups is 2. The van der Waals surface area contributed by atoms with E-state index in [2.05, 4.69) is 5.32 Å². The van der Waals surface area contributed by atoms with Gasteiger partial charge in [-0.05, 0) is 31.5 Å². The van der Waals surface area contributed by atoms with Crippen LogP contribution in [0.3, 0.4) is 0 Å². The summed E-state index contributed by atoms with van der Waals surface area (Å²) in [5, 5.41) is 12.1. The predicted molar refractivity (Wildman–Crippen MR) is 94.3 cm³/mol. The van der Waals surface area contributed by atoms with Crippen molar-refractivity contribution in [2.75, 3.05) is 6.61 Å². The lowest BCUT2D eigenvalue weighted by Gasteiger charge is -2.13. The Hall–Kier alpha value is -3.39. The van der Waals surface area contributed by atoms with Crippen LogP contribution >= 0.6 is 0 Å². The zero-order chi connectivity index (χ0) is 18.2. The minimum atomic E-state index is -0.770. The molecule has 0 saturated heterocycles. The molecule has 0 heterocycles. The molecule has 0 radical (unpaired) electrons. The molecule has 0 aliphatic carbocycles. The summed E-state index contributed by atoms with van der Waals surface area (Å²) in [6, 6.07) is 17.6. The van der Waals surface area contributed by atoms with Gasteiger partial charge in [-0.15, -0.1) is 0 Å². The van der Waals surface area contributed by atoms with Crippen LogP contribution in [-0.4, -0.2) is 18.5 Å². The Labute approximate surface area is 146 Å². The molecule has 1 amide bonds. The van der Waals surface area contributed by atoms with Crippen LogP contribution in [0.15, 0.2) is 60.2 Å². The zero-order valence-electron chi connectivity index (χ0n) is 14.1. The second-order valence-electron chi connectivity index (χ2n) is 5.27. The molecule has 0 bridgehead atoms. The molecule has 2 rings (SSSR count). The molecule has 5 heteroatoms. The third-order valence-electron chi connectivity index (χ3n) is 3.46. The third-order valence-corrected chi connectivity index (χ3v) is 3.46. The second kappa shape index (κ2) is 8.46. The van der Waals surface area contributed by atoms with E-state index in [4.69, 9.17) is 4.74 Å². The Morgan fingerprint density at radius 1 is 1.04 bits per heavy atom. The Balaban J connectivity index is 2.48. The highest BCUT2D eigenvalue weighted by atomic mass is 16.5. The number of aryl methyl sites for hydroxylation is 1. The molecule has 0 spiro atoms. The lowest BCUT2D eigenvalue weighted by atomic mass is 10.0. The third kappa shape index (κ3) is 4.55. The number of carbonyl (C=O) groups excluding carboxylic acids is 2. The standard InChI is InChI=1S/C20H18N2O3/c1-3-25-20(24)17(13-21)18(15-11-9-14(2)10-12-15)22-19(23)16-7-5-4-6-8-16/h4-12H,3H2,1-2H3,(H,22,23)/b18-17-. The number of rotatable bonds is 5. The maximum atomic E-state index is 12.5. The number of benzene rings is 2. The molecule has 2 aromatic rings. The van der Waals surface area contributed by atoms with Crippen LogP contribution in [0.4, 0.5) is 0 Å². The van der Waals surface area contributed by atoms with E-state index in [1.54, 1.807) is 49.4 Å². The predicted octanol–water partition coefficient (Wildman–Crippen LogP) is 3.22. The van der Waals surface area contributed by atoms with Gasteiger partial charge in [-0.1, -0.05) is 48.0 Å². The Morgan fingerprint density at radius 2 is 1.68 bits per heavy atom. The van der Waals surface area contributed by atoms with Crippen molar-refractivity contribution in [3.63, 3.8) is 0 Å². The number of nitrogens with zero attached hydrogens (tertiary/aromatic N) is 1. The first-order chi connectivity index (χ1) is 12.1. The lowest BCUT2D eigenvalue weighted by Crippen LogP contribution is -2.25. The van der Waals surface area contributed by atoms with Crippen molar-refractivity contribution in [3.05, 3.63) is 76.9 Å². The van der Waals surface area contributed by atoms with Crippen LogP contribution in [0.1, 0.15) is 28.4 Å². The van der Waals surface area contributed by atoms with E-state index in [1.165, 1.54) is 0 Å². The number of nitriles is 1. The Bertz CT molecular complexity index is 831. The van der Waals surface area contributed by atoms with Crippen molar-refractivity contribution in [2.24, 2.45) is 0 Å². The van der Waals surface area contributed by atoms with E-state index in [0.717, 1.165) is 5.56 Å². The van der Waals surface area contributed by atoms with Gasteiger partial charge in [-0.25, -0.2) is 4.79 Å². The van der Waals surface area contributed by atoms with Gasteiger partial charge in [0.1, 0.15) is 6.07 Å². The van der Waals surface area contributed by atoms with Crippen LogP contribution in [0.25, 0.3) is 5.70 Å². The zero-order valence-corrected chi connectivity index (χ0v) is 14.1. The molecular weight excluding hydrogens is 316 g/mol. The fourth-order valence-corrected chi connectivity index (χ4v) is 2.18. The normalized spacial score (nSPS) is 11.1. The molecule has 0 fully saturated rings. The van der Waals surface area contributed by atoms with E-state index < -0.39 is 11.9 Å². The fraction of sp³-hybridized carbons (Fsp3) is 0.150. The summed E-state index contributed by atoms with van der Waals surface area (Å²) in [4.78, 5) is 24.6. The van der Waals surface area contributed by atoms with E-state index in [1.807, 2.05) is 25.1 Å². The van der Waals surface area contributed by atoms with Crippen LogP contribution in [0, 0.1) is 18.3 Å². The number of nitrogens with one attached hydrogen (secondary N) is 1. The molecular formula is C20H18N2O3. The van der Waals surface area contributed by atoms with Gasteiger partial charge in [-0.3, -0.25) is 4.79 Å². The van der Waals surface area contributed by atoms with Crippen molar-refractivity contribution in [2.45, 2.75) is 13.8 Å². The fourth-order valence-electron chi connectivity index (χ4n) is 2.18. The first-order valence-corrected chi connectivity index (χ1v) is 7.81. The Morgan fingerprint density at radius 3 is 2.24 bits per heavy atom. The molecule has 0 atom stereocenters. The maximum Gasteiger partial charge on any atom is 0.351 e. The van der Waals surface area contributed by atoms with Crippen molar-refractivity contribution >= 4 is 17.6 Å². The van der Waals surface area contributed by atoms with Gasteiger partial charge in [0, 0.05) is 5.56 Å². The van der Waals surface area contributed by atoms with Gasteiger partial charge in [0.05, 0.1) is 12.3 Å². The second-order valence-corrected chi connectivity index (χ2v) is 5.27. The van der Waals surface area contributed by atoms with Gasteiger partial charge in [-0.2, -0.15) is 5.26 Å². The summed E-state index contributed by atoms with van der Waals surface area (Å²) in [6.07, 6.45) is 0. The smallest absolute Gasteiger partial charge is 0.351 e. The highest BCUT2D eigenvalue weighted by Crippen LogP contribution is 2.19. The molecule has 0 aromatic heterocycles. The van der Waals surface area contributed by atoms with Crippen molar-refractivity contribution in [3.8, 4) is 6.07 Å². The van der Waals surface area contributed by atoms with Gasteiger partial charge in [0.15, 0.2) is 5.57 Å². The van der Waals surface area contributed by atoms with Crippen LogP contribution in [0.5, 0.6) is 0 Å². The molecule has 0 aliphatic rings. The average Bonchev–Trinajstić information content (AvgIpc) is 2.63. The molecule has 0 saturated carbocycles. The molecule has 5 nitrogen and oxygen atoms in total. The summed E-state index contributed by atoms with van der Waals surface area (Å²) >= 11 is 0. The molecule has 1 N–H and O–H groups in total. The largest absolute Gasteiger partial charge is 0.462 e. The molecule has 126 valence electrons. The van der Waals surface area contributed by atoms with E-state index >= 15 is 0 Å². The molecule has 2 aromatic carbocycles. The Kier molecular flexibility index (Phi) is 6.08. The van der Waals surface area contributed by atoms with E-state index in [0.29, 0.717) is 11.1 Å². The SMILES string of the molecule is CCOC(=O)/C(C#N)=C(\NC(=O)c1ccccc1)c1ccc(C)cc1. The average molecular weight is 334 g/mol. The van der Waals surface area contributed by atoms with Crippen LogP contribution < -0.4 is 5.32 Å². The molecule has 0 unspecified atom stereocenters. The number of esters is 1. The highest BCUT2D eigenvalue weighted by Gasteiger charge is 2.20. The monoisotopic (exact) mass is 334 g/mol. The van der Waals surface area contributed by atoms with Gasteiger partial charge >= 0.3 is 5.97 Å². The van der Waals surface area contributed by atoms with E-state index in [-0.39, 0.29) is 17.9 Å². The van der Waals surface area contributed by atoms with Crippen molar-refractivity contribution in [1.29, 1.82) is 5.26 Å². The summed E-state index contributed by atoms with van der Waals surface area (Å²) in [5.41, 5.74) is 1.89. The number of ether oxygens (including phenoxy) is 1. The molecule has 25 heavy (non-hydrogen) atoms. The van der Waals surface area contributed by atoms with E-state index in [9.17, 15) is 14.9 Å². The topological polar surface area (TPSA) is 79.2 Å².